The standard InChI is InChI=1S/C14H18N2O4S/c1-3-11(14-5-4-8-20-14)16-12-9-10(21(15,17)18)6-7-13(12)19-2/h4-9,11,16H,3H2,1-2H3,(H2,15,17,18). The fourth-order valence-corrected chi connectivity index (χ4v) is 2.57. The van der Waals surface area contributed by atoms with Gasteiger partial charge in [0.25, 0.3) is 0 Å². The molecule has 1 aromatic carbocycles. The predicted octanol–water partition coefficient (Wildman–Crippen LogP) is 2.50. The molecule has 21 heavy (non-hydrogen) atoms. The highest BCUT2D eigenvalue weighted by Crippen LogP contribution is 2.31. The van der Waals surface area contributed by atoms with Crippen LogP contribution in [0.25, 0.3) is 0 Å². The van der Waals surface area contributed by atoms with E-state index in [2.05, 4.69) is 5.32 Å². The minimum atomic E-state index is -3.77. The molecular weight excluding hydrogens is 292 g/mol. The van der Waals surface area contributed by atoms with E-state index >= 15 is 0 Å². The van der Waals surface area contributed by atoms with E-state index in [1.807, 2.05) is 13.0 Å². The first kappa shape index (κ1) is 15.4. The van der Waals surface area contributed by atoms with Crippen molar-refractivity contribution in [1.29, 1.82) is 0 Å². The van der Waals surface area contributed by atoms with E-state index in [4.69, 9.17) is 14.3 Å². The van der Waals surface area contributed by atoms with Gasteiger partial charge in [0.1, 0.15) is 11.5 Å². The van der Waals surface area contributed by atoms with E-state index in [1.165, 1.54) is 19.2 Å². The highest BCUT2D eigenvalue weighted by atomic mass is 32.2. The first-order valence-corrected chi connectivity index (χ1v) is 8.01. The van der Waals surface area contributed by atoms with E-state index in [1.54, 1.807) is 18.4 Å². The molecule has 0 bridgehead atoms. The SMILES string of the molecule is CCC(Nc1cc(S(N)(=O)=O)ccc1OC)c1ccco1. The normalized spacial score (nSPS) is 12.9. The number of primary sulfonamides is 1. The lowest BCUT2D eigenvalue weighted by atomic mass is 10.1. The van der Waals surface area contributed by atoms with Crippen LogP contribution in [0.2, 0.25) is 0 Å². The summed E-state index contributed by atoms with van der Waals surface area (Å²) >= 11 is 0. The molecular formula is C14H18N2O4S. The van der Waals surface area contributed by atoms with E-state index in [-0.39, 0.29) is 10.9 Å². The van der Waals surface area contributed by atoms with Gasteiger partial charge >= 0.3 is 0 Å². The first-order valence-electron chi connectivity index (χ1n) is 6.46. The zero-order valence-electron chi connectivity index (χ0n) is 11.9. The van der Waals surface area contributed by atoms with Crippen LogP contribution in [-0.4, -0.2) is 15.5 Å². The number of benzene rings is 1. The van der Waals surface area contributed by atoms with Gasteiger partial charge in [0.2, 0.25) is 10.0 Å². The Balaban J connectivity index is 2.37. The van der Waals surface area contributed by atoms with Gasteiger partial charge in [-0.05, 0) is 36.8 Å². The monoisotopic (exact) mass is 310 g/mol. The van der Waals surface area contributed by atoms with Crippen molar-refractivity contribution in [3.8, 4) is 5.75 Å². The summed E-state index contributed by atoms with van der Waals surface area (Å²) in [7, 11) is -2.25. The van der Waals surface area contributed by atoms with Crippen molar-refractivity contribution in [3.05, 3.63) is 42.4 Å². The summed E-state index contributed by atoms with van der Waals surface area (Å²) in [6, 6.07) is 8.00. The molecule has 114 valence electrons. The number of rotatable bonds is 6. The van der Waals surface area contributed by atoms with Gasteiger partial charge < -0.3 is 14.5 Å². The Kier molecular flexibility index (Phi) is 4.54. The molecule has 1 aromatic heterocycles. The van der Waals surface area contributed by atoms with E-state index < -0.39 is 10.0 Å². The second kappa shape index (κ2) is 6.19. The lowest BCUT2D eigenvalue weighted by Gasteiger charge is -2.18. The average Bonchev–Trinajstić information content (AvgIpc) is 2.97. The van der Waals surface area contributed by atoms with Gasteiger partial charge in [0, 0.05) is 0 Å². The second-order valence-corrected chi connectivity index (χ2v) is 6.09. The van der Waals surface area contributed by atoms with Crippen molar-refractivity contribution in [2.45, 2.75) is 24.3 Å². The lowest BCUT2D eigenvalue weighted by molar-refractivity contribution is 0.414. The van der Waals surface area contributed by atoms with Crippen molar-refractivity contribution >= 4 is 15.7 Å². The van der Waals surface area contributed by atoms with Gasteiger partial charge in [-0.25, -0.2) is 13.6 Å². The van der Waals surface area contributed by atoms with Crippen LogP contribution in [-0.2, 0) is 10.0 Å². The maximum absolute atomic E-state index is 11.5. The molecule has 0 saturated heterocycles. The lowest BCUT2D eigenvalue weighted by Crippen LogP contribution is -2.14. The van der Waals surface area contributed by atoms with Gasteiger partial charge in [-0.15, -0.1) is 0 Å². The Hall–Kier alpha value is -1.99. The molecule has 6 nitrogen and oxygen atoms in total. The summed E-state index contributed by atoms with van der Waals surface area (Å²) in [5.41, 5.74) is 0.548. The highest BCUT2D eigenvalue weighted by molar-refractivity contribution is 7.89. The van der Waals surface area contributed by atoms with Gasteiger partial charge in [0.05, 0.1) is 30.0 Å². The summed E-state index contributed by atoms with van der Waals surface area (Å²) in [5, 5.41) is 8.38. The molecule has 0 radical (unpaired) electrons. The number of sulfonamides is 1. The zero-order chi connectivity index (χ0) is 15.5. The quantitative estimate of drug-likeness (QED) is 0.855. The third-order valence-electron chi connectivity index (χ3n) is 3.12. The topological polar surface area (TPSA) is 94.6 Å². The van der Waals surface area contributed by atoms with Gasteiger partial charge in [0.15, 0.2) is 0 Å². The maximum Gasteiger partial charge on any atom is 0.238 e. The molecule has 0 aliphatic heterocycles. The predicted molar refractivity (Wildman–Crippen MR) is 79.7 cm³/mol. The number of hydrogen-bond acceptors (Lipinski definition) is 5. The van der Waals surface area contributed by atoms with Crippen LogP contribution in [0, 0.1) is 0 Å². The molecule has 0 fully saturated rings. The summed E-state index contributed by atoms with van der Waals surface area (Å²) in [4.78, 5) is 0.0279. The molecule has 0 saturated carbocycles. The maximum atomic E-state index is 11.5. The van der Waals surface area contributed by atoms with Crippen molar-refractivity contribution in [3.63, 3.8) is 0 Å². The molecule has 7 heteroatoms. The summed E-state index contributed by atoms with van der Waals surface area (Å²) < 4.78 is 33.5. The van der Waals surface area contributed by atoms with Crippen LogP contribution < -0.4 is 15.2 Å². The van der Waals surface area contributed by atoms with Crippen LogP contribution in [0.3, 0.4) is 0 Å². The summed E-state index contributed by atoms with van der Waals surface area (Å²) in [5.74, 6) is 1.30. The molecule has 1 heterocycles. The van der Waals surface area contributed by atoms with Crippen molar-refractivity contribution in [2.24, 2.45) is 5.14 Å². The van der Waals surface area contributed by atoms with Crippen molar-refractivity contribution in [2.75, 3.05) is 12.4 Å². The second-order valence-electron chi connectivity index (χ2n) is 4.53. The fraction of sp³-hybridized carbons (Fsp3) is 0.286. The van der Waals surface area contributed by atoms with Crippen molar-refractivity contribution < 1.29 is 17.6 Å². The molecule has 1 unspecified atom stereocenters. The van der Waals surface area contributed by atoms with Crippen LogP contribution >= 0.6 is 0 Å². The zero-order valence-corrected chi connectivity index (χ0v) is 12.7. The highest BCUT2D eigenvalue weighted by Gasteiger charge is 2.17. The molecule has 2 rings (SSSR count). The number of hydrogen-bond donors (Lipinski definition) is 2. The Bertz CT molecular complexity index is 696. The summed E-state index contributed by atoms with van der Waals surface area (Å²) in [6.07, 6.45) is 2.36. The largest absolute Gasteiger partial charge is 0.495 e. The smallest absolute Gasteiger partial charge is 0.238 e. The van der Waals surface area contributed by atoms with Gasteiger partial charge in [-0.2, -0.15) is 0 Å². The molecule has 0 amide bonds. The molecule has 0 aliphatic carbocycles. The summed E-state index contributed by atoms with van der Waals surface area (Å²) in [6.45, 7) is 2.00. The van der Waals surface area contributed by atoms with E-state index in [0.717, 1.165) is 12.2 Å². The molecule has 1 atom stereocenters. The number of methoxy groups -OCH3 is 1. The van der Waals surface area contributed by atoms with Gasteiger partial charge in [-0.1, -0.05) is 6.92 Å². The van der Waals surface area contributed by atoms with Crippen LogP contribution in [0.5, 0.6) is 5.75 Å². The Morgan fingerprint density at radius 2 is 2.14 bits per heavy atom. The molecule has 2 aromatic rings. The third-order valence-corrected chi connectivity index (χ3v) is 4.04. The van der Waals surface area contributed by atoms with E-state index in [0.29, 0.717) is 11.4 Å². The number of ether oxygens (including phenoxy) is 1. The third kappa shape index (κ3) is 3.56. The van der Waals surface area contributed by atoms with E-state index in [9.17, 15) is 8.42 Å². The molecule has 0 spiro atoms. The number of furan rings is 1. The molecule has 0 aliphatic rings. The number of nitrogens with one attached hydrogen (secondary N) is 1. The first-order chi connectivity index (χ1) is 9.95. The Morgan fingerprint density at radius 1 is 1.38 bits per heavy atom. The van der Waals surface area contributed by atoms with Crippen LogP contribution in [0.4, 0.5) is 5.69 Å². The van der Waals surface area contributed by atoms with Gasteiger partial charge in [-0.3, -0.25) is 0 Å². The minimum Gasteiger partial charge on any atom is -0.495 e. The average molecular weight is 310 g/mol. The van der Waals surface area contributed by atoms with Crippen molar-refractivity contribution in [1.82, 2.24) is 0 Å². The fourth-order valence-electron chi connectivity index (χ4n) is 2.03. The van der Waals surface area contributed by atoms with Crippen LogP contribution in [0.1, 0.15) is 25.1 Å². The van der Waals surface area contributed by atoms with Crippen LogP contribution in [0.15, 0.2) is 45.9 Å². The number of nitrogens with two attached hydrogens (primary N) is 1. The minimum absolute atomic E-state index is 0.0279. The Morgan fingerprint density at radius 3 is 2.67 bits per heavy atom. The molecule has 3 N–H and O–H groups in total. The number of anilines is 1. The Labute approximate surface area is 124 Å².